The molecule has 6 aromatic rings. The van der Waals surface area contributed by atoms with E-state index in [1.807, 2.05) is 30.3 Å². The Labute approximate surface area is 216 Å². The standard InChI is InChI=1S/C26H23N9O3/c1-26(16-7-4-3-5-8-16,24(36)29-13-17-10-11-18(37-2)14-28-17)35-23-19(15-30-35)22-31-21(20-9-6-12-38-20)33-34(22)25(27)32-23/h3-12,14-15H,13H2,1-2H3,(H2,27,32)(H,29,36)/t26-/m1/s1. The molecule has 6 rings (SSSR count). The Balaban J connectivity index is 1.44. The van der Waals surface area contributed by atoms with Gasteiger partial charge in [0.05, 0.1) is 43.4 Å². The molecule has 5 heterocycles. The van der Waals surface area contributed by atoms with Crippen LogP contribution in [0, 0.1) is 0 Å². The zero-order valence-electron chi connectivity index (χ0n) is 20.6. The second-order valence-electron chi connectivity index (χ2n) is 8.72. The molecule has 0 unspecified atom stereocenters. The van der Waals surface area contributed by atoms with Crippen molar-refractivity contribution in [2.24, 2.45) is 0 Å². The van der Waals surface area contributed by atoms with Crippen LogP contribution in [0.15, 0.2) is 77.7 Å². The second kappa shape index (κ2) is 9.00. The maximum atomic E-state index is 13.9. The second-order valence-corrected chi connectivity index (χ2v) is 8.72. The van der Waals surface area contributed by atoms with Gasteiger partial charge >= 0.3 is 0 Å². The first kappa shape index (κ1) is 23.2. The van der Waals surface area contributed by atoms with E-state index in [9.17, 15) is 4.79 Å². The van der Waals surface area contributed by atoms with Gasteiger partial charge in [-0.05, 0) is 36.8 Å². The van der Waals surface area contributed by atoms with Crippen molar-refractivity contribution in [3.8, 4) is 17.3 Å². The number of carbonyl (C=O) groups is 1. The number of rotatable bonds is 7. The average Bonchev–Trinajstić information content (AvgIpc) is 3.72. The van der Waals surface area contributed by atoms with Gasteiger partial charge < -0.3 is 20.2 Å². The molecule has 0 radical (unpaired) electrons. The molecule has 1 atom stereocenters. The number of nitrogens with two attached hydrogens (primary N) is 1. The Kier molecular flexibility index (Phi) is 5.48. The summed E-state index contributed by atoms with van der Waals surface area (Å²) in [5.41, 5.74) is 7.24. The molecule has 5 aromatic heterocycles. The summed E-state index contributed by atoms with van der Waals surface area (Å²) in [4.78, 5) is 27.4. The van der Waals surface area contributed by atoms with Crippen LogP contribution in [0.1, 0.15) is 18.2 Å². The zero-order valence-corrected chi connectivity index (χ0v) is 20.6. The number of nitrogens with zero attached hydrogens (tertiary/aromatic N) is 7. The molecule has 0 aliphatic heterocycles. The van der Waals surface area contributed by atoms with Crippen LogP contribution in [0.4, 0.5) is 5.95 Å². The lowest BCUT2D eigenvalue weighted by molar-refractivity contribution is -0.127. The summed E-state index contributed by atoms with van der Waals surface area (Å²) in [6, 6.07) is 16.4. The molecule has 0 aliphatic rings. The summed E-state index contributed by atoms with van der Waals surface area (Å²) >= 11 is 0. The van der Waals surface area contributed by atoms with E-state index in [2.05, 4.69) is 30.5 Å². The largest absolute Gasteiger partial charge is 0.495 e. The Morgan fingerprint density at radius 2 is 1.92 bits per heavy atom. The maximum Gasteiger partial charge on any atom is 0.252 e. The van der Waals surface area contributed by atoms with Crippen molar-refractivity contribution < 1.29 is 13.9 Å². The van der Waals surface area contributed by atoms with Gasteiger partial charge in [0.1, 0.15) is 5.75 Å². The van der Waals surface area contributed by atoms with Crippen molar-refractivity contribution in [2.75, 3.05) is 12.8 Å². The van der Waals surface area contributed by atoms with Crippen LogP contribution in [0.5, 0.6) is 5.75 Å². The fraction of sp³-hybridized carbons (Fsp3) is 0.154. The van der Waals surface area contributed by atoms with E-state index in [-0.39, 0.29) is 18.4 Å². The van der Waals surface area contributed by atoms with Crippen molar-refractivity contribution in [1.29, 1.82) is 0 Å². The number of ether oxygens (including phenoxy) is 1. The van der Waals surface area contributed by atoms with Crippen molar-refractivity contribution in [1.82, 2.24) is 39.7 Å². The van der Waals surface area contributed by atoms with Crippen LogP contribution in [-0.4, -0.2) is 47.4 Å². The summed E-state index contributed by atoms with van der Waals surface area (Å²) in [7, 11) is 1.57. The van der Waals surface area contributed by atoms with E-state index >= 15 is 0 Å². The number of pyridine rings is 1. The molecule has 3 N–H and O–H groups in total. The molecule has 1 amide bonds. The van der Waals surface area contributed by atoms with Gasteiger partial charge in [-0.25, -0.2) is 9.67 Å². The highest BCUT2D eigenvalue weighted by molar-refractivity contribution is 5.94. The number of furan rings is 1. The molecule has 0 aliphatic carbocycles. The van der Waals surface area contributed by atoms with E-state index in [0.29, 0.717) is 45.3 Å². The number of nitrogen functional groups attached to an aromatic ring is 1. The monoisotopic (exact) mass is 509 g/mol. The van der Waals surface area contributed by atoms with Crippen molar-refractivity contribution >= 4 is 28.5 Å². The lowest BCUT2D eigenvalue weighted by Gasteiger charge is -2.29. The van der Waals surface area contributed by atoms with Gasteiger partial charge in [-0.1, -0.05) is 30.3 Å². The Bertz CT molecular complexity index is 1740. The fourth-order valence-corrected chi connectivity index (χ4v) is 4.34. The van der Waals surface area contributed by atoms with E-state index in [1.54, 1.807) is 61.6 Å². The highest BCUT2D eigenvalue weighted by Gasteiger charge is 2.40. The number of aromatic nitrogens is 7. The van der Waals surface area contributed by atoms with E-state index < -0.39 is 5.54 Å². The highest BCUT2D eigenvalue weighted by Crippen LogP contribution is 2.31. The molecule has 0 fully saturated rings. The Morgan fingerprint density at radius 3 is 2.63 bits per heavy atom. The van der Waals surface area contributed by atoms with Crippen LogP contribution < -0.4 is 15.8 Å². The predicted molar refractivity (Wildman–Crippen MR) is 138 cm³/mol. The molecular weight excluding hydrogens is 486 g/mol. The molecule has 12 nitrogen and oxygen atoms in total. The number of benzene rings is 1. The summed E-state index contributed by atoms with van der Waals surface area (Å²) < 4.78 is 13.6. The van der Waals surface area contributed by atoms with Crippen LogP contribution in [0.3, 0.4) is 0 Å². The third-order valence-electron chi connectivity index (χ3n) is 6.44. The molecule has 0 saturated heterocycles. The molecule has 1 aromatic carbocycles. The summed E-state index contributed by atoms with van der Waals surface area (Å²) in [6.07, 6.45) is 4.76. The predicted octanol–water partition coefficient (Wildman–Crippen LogP) is 2.80. The smallest absolute Gasteiger partial charge is 0.252 e. The topological polar surface area (TPSA) is 151 Å². The number of nitrogens with one attached hydrogen (secondary N) is 1. The van der Waals surface area contributed by atoms with Crippen LogP contribution >= 0.6 is 0 Å². The van der Waals surface area contributed by atoms with Crippen molar-refractivity contribution in [3.63, 3.8) is 0 Å². The van der Waals surface area contributed by atoms with Gasteiger partial charge in [-0.3, -0.25) is 9.78 Å². The summed E-state index contributed by atoms with van der Waals surface area (Å²) in [5.74, 6) is 1.28. The molecule has 12 heteroatoms. The lowest BCUT2D eigenvalue weighted by atomic mass is 9.91. The zero-order chi connectivity index (χ0) is 26.3. The summed E-state index contributed by atoms with van der Waals surface area (Å²) in [6.45, 7) is 1.99. The Morgan fingerprint density at radius 1 is 1.08 bits per heavy atom. The lowest BCUT2D eigenvalue weighted by Crippen LogP contribution is -2.48. The van der Waals surface area contributed by atoms with Gasteiger partial charge in [0, 0.05) is 0 Å². The molecule has 0 saturated carbocycles. The molecule has 0 bridgehead atoms. The van der Waals surface area contributed by atoms with Crippen LogP contribution in [0.2, 0.25) is 0 Å². The number of fused-ring (bicyclic) bond motifs is 3. The number of carbonyl (C=O) groups excluding carboxylic acids is 1. The molecule has 38 heavy (non-hydrogen) atoms. The molecule has 0 spiro atoms. The van der Waals surface area contributed by atoms with Gasteiger partial charge in [0.2, 0.25) is 11.8 Å². The van der Waals surface area contributed by atoms with Gasteiger partial charge in [-0.15, -0.1) is 5.10 Å². The number of amides is 1. The fourth-order valence-electron chi connectivity index (χ4n) is 4.34. The number of methoxy groups -OCH3 is 1. The third kappa shape index (κ3) is 3.70. The van der Waals surface area contributed by atoms with Gasteiger partial charge in [-0.2, -0.15) is 14.6 Å². The van der Waals surface area contributed by atoms with E-state index in [1.165, 1.54) is 4.52 Å². The normalized spacial score (nSPS) is 13.0. The molecule has 190 valence electrons. The number of anilines is 1. The number of hydrogen-bond acceptors (Lipinski definition) is 9. The quantitative estimate of drug-likeness (QED) is 0.331. The summed E-state index contributed by atoms with van der Waals surface area (Å²) in [5, 5.41) is 12.6. The molecular formula is C26H23N9O3. The van der Waals surface area contributed by atoms with Gasteiger partial charge in [0.15, 0.2) is 22.6 Å². The highest BCUT2D eigenvalue weighted by atomic mass is 16.5. The van der Waals surface area contributed by atoms with Crippen LogP contribution in [-0.2, 0) is 16.9 Å². The minimum absolute atomic E-state index is 0.0952. The Hall–Kier alpha value is -5.26. The third-order valence-corrected chi connectivity index (χ3v) is 6.44. The van der Waals surface area contributed by atoms with E-state index in [0.717, 1.165) is 0 Å². The maximum absolute atomic E-state index is 13.9. The first-order valence-electron chi connectivity index (χ1n) is 11.8. The van der Waals surface area contributed by atoms with Crippen molar-refractivity contribution in [2.45, 2.75) is 19.0 Å². The van der Waals surface area contributed by atoms with E-state index in [4.69, 9.17) is 14.9 Å². The SMILES string of the molecule is COc1ccc(CNC(=O)[C@@](C)(c2ccccc2)n2ncc3c2nc(N)n2nc(-c4ccco4)nc32)nc1. The number of hydrogen-bond donors (Lipinski definition) is 2. The van der Waals surface area contributed by atoms with Gasteiger partial charge in [0.25, 0.3) is 5.91 Å². The van der Waals surface area contributed by atoms with Crippen LogP contribution in [0.25, 0.3) is 28.3 Å². The first-order valence-corrected chi connectivity index (χ1v) is 11.8. The van der Waals surface area contributed by atoms with Crippen molar-refractivity contribution in [3.05, 3.63) is 84.5 Å². The minimum Gasteiger partial charge on any atom is -0.495 e. The minimum atomic E-state index is -1.28. The average molecular weight is 510 g/mol. The first-order chi connectivity index (χ1) is 18.5.